The van der Waals surface area contributed by atoms with Crippen LogP contribution in [-0.4, -0.2) is 29.2 Å². The number of hydrogen-bond donors (Lipinski definition) is 2. The van der Waals surface area contributed by atoms with Gasteiger partial charge in [0, 0.05) is 28.4 Å². The van der Waals surface area contributed by atoms with Gasteiger partial charge in [0.25, 0.3) is 0 Å². The molecular weight excluding hydrogens is 324 g/mol. The van der Waals surface area contributed by atoms with Crippen LogP contribution in [-0.2, 0) is 11.2 Å². The molecule has 7 heteroatoms. The van der Waals surface area contributed by atoms with Crippen molar-refractivity contribution in [2.45, 2.75) is 19.4 Å². The Morgan fingerprint density at radius 1 is 1.59 bits per heavy atom. The number of aromatic nitrogens is 1. The number of halogens is 1. The molecule has 116 valence electrons. The molecule has 1 atom stereocenters. The Morgan fingerprint density at radius 2 is 2.41 bits per heavy atom. The van der Waals surface area contributed by atoms with E-state index in [1.165, 1.54) is 0 Å². The van der Waals surface area contributed by atoms with Crippen LogP contribution in [0.5, 0.6) is 5.75 Å². The van der Waals surface area contributed by atoms with Crippen LogP contribution >= 0.6 is 22.9 Å². The van der Waals surface area contributed by atoms with E-state index in [-0.39, 0.29) is 12.6 Å². The van der Waals surface area contributed by atoms with Gasteiger partial charge in [-0.1, -0.05) is 11.6 Å². The highest BCUT2D eigenvalue weighted by atomic mass is 35.5. The second kappa shape index (κ2) is 6.24. The highest BCUT2D eigenvalue weighted by Gasteiger charge is 2.27. The van der Waals surface area contributed by atoms with E-state index in [0.717, 1.165) is 34.1 Å². The quantitative estimate of drug-likeness (QED) is 0.897. The first-order chi connectivity index (χ1) is 10.5. The summed E-state index contributed by atoms with van der Waals surface area (Å²) in [6.45, 7) is 2.42. The van der Waals surface area contributed by atoms with Crippen molar-refractivity contribution in [3.8, 4) is 5.75 Å². The number of thiazole rings is 1. The highest BCUT2D eigenvalue weighted by molar-refractivity contribution is 7.11. The normalized spacial score (nSPS) is 17.1. The summed E-state index contributed by atoms with van der Waals surface area (Å²) in [7, 11) is 0. The van der Waals surface area contributed by atoms with Gasteiger partial charge in [0.1, 0.15) is 5.75 Å². The average molecular weight is 339 g/mol. The zero-order valence-electron chi connectivity index (χ0n) is 11.9. The van der Waals surface area contributed by atoms with Gasteiger partial charge >= 0.3 is 5.97 Å². The van der Waals surface area contributed by atoms with Crippen molar-refractivity contribution in [2.75, 3.05) is 13.2 Å². The number of benzene rings is 1. The van der Waals surface area contributed by atoms with E-state index in [9.17, 15) is 4.79 Å². The molecule has 0 unspecified atom stereocenters. The Hall–Kier alpha value is -1.63. The third-order valence-corrected chi connectivity index (χ3v) is 4.75. The smallest absolute Gasteiger partial charge is 0.341 e. The second-order valence-corrected chi connectivity index (χ2v) is 6.72. The molecule has 2 aromatic rings. The van der Waals surface area contributed by atoms with Crippen LogP contribution in [0.1, 0.15) is 27.2 Å². The molecule has 2 heterocycles. The molecule has 5 nitrogen and oxygen atoms in total. The lowest BCUT2D eigenvalue weighted by atomic mass is 9.99. The minimum atomic E-state index is -1.01. The van der Waals surface area contributed by atoms with E-state index in [2.05, 4.69) is 10.3 Å². The SMILES string of the molecule is Cc1nc2c(s1)[C@H](c1cc(Cl)ccc1OCC(=O)O)NCC2. The fourth-order valence-electron chi connectivity index (χ4n) is 2.59. The third kappa shape index (κ3) is 3.09. The minimum absolute atomic E-state index is 0.0718. The zero-order chi connectivity index (χ0) is 15.7. The number of nitrogens with one attached hydrogen (secondary N) is 1. The van der Waals surface area contributed by atoms with Gasteiger partial charge in [0.15, 0.2) is 6.61 Å². The number of ether oxygens (including phenoxy) is 1. The molecule has 0 bridgehead atoms. The van der Waals surface area contributed by atoms with Crippen LogP contribution in [0.15, 0.2) is 18.2 Å². The van der Waals surface area contributed by atoms with Gasteiger partial charge in [-0.15, -0.1) is 11.3 Å². The molecule has 0 spiro atoms. The number of rotatable bonds is 4. The molecule has 1 aromatic heterocycles. The predicted octanol–water partition coefficient (Wildman–Crippen LogP) is 2.80. The van der Waals surface area contributed by atoms with Crippen molar-refractivity contribution >= 4 is 28.9 Å². The first-order valence-corrected chi connectivity index (χ1v) is 8.07. The standard InChI is InChI=1S/C15H15ClN2O3S/c1-8-18-11-4-5-17-14(15(11)22-8)10-6-9(16)2-3-12(10)21-7-13(19)20/h2-3,6,14,17H,4-5,7H2,1H3,(H,19,20)/t14-/m0/s1. The number of carbonyl (C=O) groups is 1. The molecule has 0 amide bonds. The van der Waals surface area contributed by atoms with Crippen molar-refractivity contribution in [3.63, 3.8) is 0 Å². The molecule has 1 aliphatic rings. The lowest BCUT2D eigenvalue weighted by molar-refractivity contribution is -0.139. The van der Waals surface area contributed by atoms with Crippen molar-refractivity contribution in [1.82, 2.24) is 10.3 Å². The van der Waals surface area contributed by atoms with Crippen LogP contribution in [0.4, 0.5) is 0 Å². The minimum Gasteiger partial charge on any atom is -0.482 e. The van der Waals surface area contributed by atoms with E-state index >= 15 is 0 Å². The molecule has 0 saturated heterocycles. The van der Waals surface area contributed by atoms with Gasteiger partial charge in [-0.05, 0) is 25.1 Å². The predicted molar refractivity (Wildman–Crippen MR) is 85.0 cm³/mol. The number of fused-ring (bicyclic) bond motifs is 1. The van der Waals surface area contributed by atoms with Gasteiger partial charge in [0.2, 0.25) is 0 Å². The fraction of sp³-hybridized carbons (Fsp3) is 0.333. The first-order valence-electron chi connectivity index (χ1n) is 6.88. The van der Waals surface area contributed by atoms with E-state index in [0.29, 0.717) is 10.8 Å². The van der Waals surface area contributed by atoms with Crippen molar-refractivity contribution in [2.24, 2.45) is 0 Å². The maximum atomic E-state index is 10.8. The fourth-order valence-corrected chi connectivity index (χ4v) is 3.83. The molecular formula is C15H15ClN2O3S. The molecule has 0 saturated carbocycles. The Morgan fingerprint density at radius 3 is 3.18 bits per heavy atom. The molecule has 2 N–H and O–H groups in total. The molecule has 3 rings (SSSR count). The number of aryl methyl sites for hydroxylation is 1. The van der Waals surface area contributed by atoms with Gasteiger partial charge in [-0.2, -0.15) is 0 Å². The van der Waals surface area contributed by atoms with Gasteiger partial charge in [0.05, 0.1) is 16.7 Å². The van der Waals surface area contributed by atoms with E-state index < -0.39 is 5.97 Å². The Kier molecular flexibility index (Phi) is 4.33. The van der Waals surface area contributed by atoms with Crippen molar-refractivity contribution in [1.29, 1.82) is 0 Å². The summed E-state index contributed by atoms with van der Waals surface area (Å²) in [6, 6.07) is 5.16. The van der Waals surface area contributed by atoms with Crippen LogP contribution < -0.4 is 10.1 Å². The zero-order valence-corrected chi connectivity index (χ0v) is 13.5. The third-order valence-electron chi connectivity index (χ3n) is 3.44. The van der Waals surface area contributed by atoms with Crippen LogP contribution in [0.25, 0.3) is 0 Å². The van der Waals surface area contributed by atoms with Gasteiger partial charge in [-0.3, -0.25) is 0 Å². The van der Waals surface area contributed by atoms with Crippen molar-refractivity contribution < 1.29 is 14.6 Å². The van der Waals surface area contributed by atoms with Crippen LogP contribution in [0.3, 0.4) is 0 Å². The van der Waals surface area contributed by atoms with Gasteiger partial charge < -0.3 is 15.2 Å². The van der Waals surface area contributed by atoms with Crippen LogP contribution in [0, 0.1) is 6.92 Å². The summed E-state index contributed by atoms with van der Waals surface area (Å²) in [5.74, 6) is -0.477. The Balaban J connectivity index is 2.00. The largest absolute Gasteiger partial charge is 0.482 e. The lowest BCUT2D eigenvalue weighted by Crippen LogP contribution is -2.30. The summed E-state index contributed by atoms with van der Waals surface area (Å²) in [6.07, 6.45) is 0.891. The summed E-state index contributed by atoms with van der Waals surface area (Å²) < 4.78 is 5.41. The molecule has 22 heavy (non-hydrogen) atoms. The first kappa shape index (κ1) is 15.3. The second-order valence-electron chi connectivity index (χ2n) is 5.05. The van der Waals surface area contributed by atoms with Crippen LogP contribution in [0.2, 0.25) is 5.02 Å². The van der Waals surface area contributed by atoms with E-state index in [1.807, 2.05) is 13.0 Å². The summed E-state index contributed by atoms with van der Waals surface area (Å²) in [5.41, 5.74) is 1.94. The number of aliphatic carboxylic acids is 1. The topological polar surface area (TPSA) is 71.5 Å². The van der Waals surface area contributed by atoms with E-state index in [4.69, 9.17) is 21.4 Å². The molecule has 1 aromatic carbocycles. The Labute approximate surface area is 136 Å². The average Bonchev–Trinajstić information content (AvgIpc) is 2.85. The number of carboxylic acids is 1. The summed E-state index contributed by atoms with van der Waals surface area (Å²) >= 11 is 7.76. The summed E-state index contributed by atoms with van der Waals surface area (Å²) in [4.78, 5) is 16.5. The number of carboxylic acid groups (broad SMARTS) is 1. The molecule has 0 aliphatic carbocycles. The maximum Gasteiger partial charge on any atom is 0.341 e. The maximum absolute atomic E-state index is 10.8. The number of nitrogens with zero attached hydrogens (tertiary/aromatic N) is 1. The Bertz CT molecular complexity index is 717. The summed E-state index contributed by atoms with van der Waals surface area (Å²) in [5, 5.41) is 13.9. The number of hydrogen-bond acceptors (Lipinski definition) is 5. The highest BCUT2D eigenvalue weighted by Crippen LogP contribution is 2.38. The van der Waals surface area contributed by atoms with Crippen molar-refractivity contribution in [3.05, 3.63) is 44.4 Å². The lowest BCUT2D eigenvalue weighted by Gasteiger charge is -2.25. The molecule has 1 aliphatic heterocycles. The van der Waals surface area contributed by atoms with E-state index in [1.54, 1.807) is 23.5 Å². The monoisotopic (exact) mass is 338 g/mol. The molecule has 0 radical (unpaired) electrons. The molecule has 0 fully saturated rings. The van der Waals surface area contributed by atoms with Gasteiger partial charge in [-0.25, -0.2) is 9.78 Å².